The van der Waals surface area contributed by atoms with Crippen molar-refractivity contribution in [3.63, 3.8) is 0 Å². The van der Waals surface area contributed by atoms with E-state index >= 15 is 0 Å². The molecule has 0 saturated carbocycles. The second kappa shape index (κ2) is 13.5. The molecule has 4 rings (SSSR count). The maximum atomic E-state index is 12.4. The number of aryl methyl sites for hydroxylation is 3. The summed E-state index contributed by atoms with van der Waals surface area (Å²) in [4.78, 5) is 24.6. The highest BCUT2D eigenvalue weighted by atomic mass is 16.5. The van der Waals surface area contributed by atoms with Crippen LogP contribution in [0.1, 0.15) is 53.5 Å². The summed E-state index contributed by atoms with van der Waals surface area (Å²) in [6.45, 7) is 12.0. The van der Waals surface area contributed by atoms with E-state index in [1.54, 1.807) is 31.3 Å². The van der Waals surface area contributed by atoms with E-state index in [1.807, 2.05) is 26.8 Å². The number of carbonyl (C=O) groups is 2. The standard InChI is InChI=1S/C32H39N5O6/c1-8-42-27-15-23(30-29(31(39)41-7)21(5)34-32(40)35-30)10-12-26(27)43-17-28(38)36-33-16-24-14-20(4)37(22(24)6)25-11-9-18(2)19(3)13-25/h9-16,28,30,36,38H,8,17H2,1-7H3,(H2,34,35,40)/b33-16-/t28-,30+/m1/s1. The number of benzene rings is 2. The Morgan fingerprint density at radius 3 is 2.53 bits per heavy atom. The Kier molecular flexibility index (Phi) is 9.77. The Hall–Kier alpha value is -4.77. The molecule has 0 bridgehead atoms. The zero-order chi connectivity index (χ0) is 31.3. The van der Waals surface area contributed by atoms with E-state index in [0.717, 1.165) is 22.6 Å². The number of amides is 2. The van der Waals surface area contributed by atoms with Gasteiger partial charge in [0.2, 0.25) is 0 Å². The van der Waals surface area contributed by atoms with E-state index in [9.17, 15) is 14.7 Å². The van der Waals surface area contributed by atoms with Crippen LogP contribution in [-0.2, 0) is 9.53 Å². The molecule has 2 heterocycles. The van der Waals surface area contributed by atoms with Gasteiger partial charge in [0, 0.05) is 28.3 Å². The minimum atomic E-state index is -1.10. The number of aliphatic hydroxyl groups excluding tert-OH is 1. The predicted octanol–water partition coefficient (Wildman–Crippen LogP) is 4.23. The molecule has 0 spiro atoms. The minimum Gasteiger partial charge on any atom is -0.490 e. The van der Waals surface area contributed by atoms with Crippen LogP contribution in [0.4, 0.5) is 4.79 Å². The summed E-state index contributed by atoms with van der Waals surface area (Å²) in [5.74, 6) is 0.215. The highest BCUT2D eigenvalue weighted by Crippen LogP contribution is 2.35. The first kappa shape index (κ1) is 31.2. The van der Waals surface area contributed by atoms with Gasteiger partial charge in [0.15, 0.2) is 17.7 Å². The molecule has 0 saturated heterocycles. The van der Waals surface area contributed by atoms with Crippen LogP contribution in [0.15, 0.2) is 58.8 Å². The molecule has 1 aliphatic heterocycles. The number of aromatic nitrogens is 1. The van der Waals surface area contributed by atoms with Gasteiger partial charge in [-0.25, -0.2) is 9.59 Å². The first-order valence-electron chi connectivity index (χ1n) is 14.0. The quantitative estimate of drug-likeness (QED) is 0.114. The van der Waals surface area contributed by atoms with E-state index < -0.39 is 24.3 Å². The van der Waals surface area contributed by atoms with Crippen LogP contribution in [0.3, 0.4) is 0 Å². The van der Waals surface area contributed by atoms with Crippen molar-refractivity contribution in [2.45, 2.75) is 53.8 Å². The maximum absolute atomic E-state index is 12.4. The molecule has 11 heteroatoms. The van der Waals surface area contributed by atoms with Crippen molar-refractivity contribution in [3.8, 4) is 17.2 Å². The van der Waals surface area contributed by atoms with Crippen LogP contribution >= 0.6 is 0 Å². The molecule has 228 valence electrons. The smallest absolute Gasteiger partial charge is 0.337 e. The number of ether oxygens (including phenoxy) is 3. The van der Waals surface area contributed by atoms with E-state index in [-0.39, 0.29) is 12.2 Å². The lowest BCUT2D eigenvalue weighted by Crippen LogP contribution is -2.45. The summed E-state index contributed by atoms with van der Waals surface area (Å²) in [6.07, 6.45) is 0.569. The average Bonchev–Trinajstić information content (AvgIpc) is 3.25. The largest absolute Gasteiger partial charge is 0.490 e. The molecule has 3 aromatic rings. The van der Waals surface area contributed by atoms with Crippen molar-refractivity contribution in [3.05, 3.63) is 87.4 Å². The second-order valence-electron chi connectivity index (χ2n) is 10.3. The van der Waals surface area contributed by atoms with Crippen LogP contribution in [-0.4, -0.2) is 54.4 Å². The number of carbonyl (C=O) groups excluding carboxylic acids is 2. The lowest BCUT2D eigenvalue weighted by molar-refractivity contribution is -0.136. The van der Waals surface area contributed by atoms with Gasteiger partial charge in [0.05, 0.1) is 31.5 Å². The van der Waals surface area contributed by atoms with Gasteiger partial charge in [-0.15, -0.1) is 0 Å². The van der Waals surface area contributed by atoms with Crippen LogP contribution in [0.25, 0.3) is 5.69 Å². The molecule has 0 unspecified atom stereocenters. The number of hydrogen-bond acceptors (Lipinski definition) is 8. The Bertz CT molecular complexity index is 1570. The molecule has 2 aromatic carbocycles. The molecule has 4 N–H and O–H groups in total. The van der Waals surface area contributed by atoms with E-state index in [4.69, 9.17) is 14.2 Å². The first-order chi connectivity index (χ1) is 20.5. The second-order valence-corrected chi connectivity index (χ2v) is 10.3. The van der Waals surface area contributed by atoms with Crippen molar-refractivity contribution in [2.24, 2.45) is 5.10 Å². The van der Waals surface area contributed by atoms with Crippen LogP contribution in [0.2, 0.25) is 0 Å². The zero-order valence-corrected chi connectivity index (χ0v) is 25.6. The lowest BCUT2D eigenvalue weighted by Gasteiger charge is -2.28. The lowest BCUT2D eigenvalue weighted by atomic mass is 9.95. The van der Waals surface area contributed by atoms with Crippen molar-refractivity contribution < 1.29 is 28.9 Å². The summed E-state index contributed by atoms with van der Waals surface area (Å²) in [6, 6.07) is 12.3. The Morgan fingerprint density at radius 2 is 1.84 bits per heavy atom. The molecular formula is C32H39N5O6. The van der Waals surface area contributed by atoms with Gasteiger partial charge in [-0.2, -0.15) is 5.10 Å². The summed E-state index contributed by atoms with van der Waals surface area (Å²) in [5.41, 5.74) is 10.6. The van der Waals surface area contributed by atoms with Gasteiger partial charge in [0.1, 0.15) is 6.61 Å². The number of nitrogens with one attached hydrogen (secondary N) is 3. The number of hydrazone groups is 1. The van der Waals surface area contributed by atoms with Crippen molar-refractivity contribution in [1.29, 1.82) is 0 Å². The van der Waals surface area contributed by atoms with Crippen molar-refractivity contribution in [2.75, 3.05) is 20.3 Å². The van der Waals surface area contributed by atoms with Gasteiger partial charge in [0.25, 0.3) is 0 Å². The summed E-state index contributed by atoms with van der Waals surface area (Å²) >= 11 is 0. The monoisotopic (exact) mass is 589 g/mol. The Morgan fingerprint density at radius 1 is 1.07 bits per heavy atom. The van der Waals surface area contributed by atoms with Crippen LogP contribution in [0, 0.1) is 27.7 Å². The predicted molar refractivity (Wildman–Crippen MR) is 164 cm³/mol. The topological polar surface area (TPSA) is 135 Å². The molecule has 1 aliphatic rings. The Labute approximate surface area is 251 Å². The molecule has 2 atom stereocenters. The van der Waals surface area contributed by atoms with Gasteiger partial charge in [-0.1, -0.05) is 12.1 Å². The van der Waals surface area contributed by atoms with Crippen LogP contribution < -0.4 is 25.5 Å². The normalized spacial score (nSPS) is 15.6. The number of esters is 1. The molecule has 1 aromatic heterocycles. The molecule has 0 radical (unpaired) electrons. The fourth-order valence-corrected chi connectivity index (χ4v) is 5.00. The SMILES string of the molecule is CCOc1cc([C@@H]2NC(=O)NC(C)=C2C(=O)OC)ccc1OC[C@@H](O)N/N=C\c1cc(C)n(-c2ccc(C)c(C)c2)c1C. The minimum absolute atomic E-state index is 0.116. The molecular weight excluding hydrogens is 550 g/mol. The first-order valence-corrected chi connectivity index (χ1v) is 14.0. The number of aliphatic hydroxyl groups is 1. The maximum Gasteiger partial charge on any atom is 0.337 e. The summed E-state index contributed by atoms with van der Waals surface area (Å²) < 4.78 is 18.7. The molecule has 0 fully saturated rings. The van der Waals surface area contributed by atoms with Gasteiger partial charge in [-0.05, 0) is 88.6 Å². The van der Waals surface area contributed by atoms with Crippen molar-refractivity contribution in [1.82, 2.24) is 20.6 Å². The number of hydrogen-bond donors (Lipinski definition) is 4. The number of methoxy groups -OCH3 is 1. The highest BCUT2D eigenvalue weighted by Gasteiger charge is 2.32. The fourth-order valence-electron chi connectivity index (χ4n) is 5.00. The fraction of sp³-hybridized carbons (Fsp3) is 0.344. The molecule has 0 aliphatic carbocycles. The third-order valence-electron chi connectivity index (χ3n) is 7.32. The summed E-state index contributed by atoms with van der Waals surface area (Å²) in [7, 11) is 1.28. The van der Waals surface area contributed by atoms with Gasteiger partial charge in [-0.3, -0.25) is 5.43 Å². The highest BCUT2D eigenvalue weighted by molar-refractivity contribution is 5.95. The number of rotatable bonds is 11. The number of allylic oxidation sites excluding steroid dienone is 1. The third-order valence-corrected chi connectivity index (χ3v) is 7.32. The van der Waals surface area contributed by atoms with Crippen LogP contribution in [0.5, 0.6) is 11.5 Å². The van der Waals surface area contributed by atoms with E-state index in [0.29, 0.717) is 29.4 Å². The van der Waals surface area contributed by atoms with E-state index in [1.165, 1.54) is 18.2 Å². The third kappa shape index (κ3) is 7.00. The molecule has 43 heavy (non-hydrogen) atoms. The molecule has 2 amide bonds. The van der Waals surface area contributed by atoms with E-state index in [2.05, 4.69) is 57.8 Å². The average molecular weight is 590 g/mol. The molecule has 11 nitrogen and oxygen atoms in total. The zero-order valence-electron chi connectivity index (χ0n) is 25.6. The van der Waals surface area contributed by atoms with Gasteiger partial charge >= 0.3 is 12.0 Å². The number of urea groups is 1. The number of nitrogens with zero attached hydrogens (tertiary/aromatic N) is 2. The van der Waals surface area contributed by atoms with Gasteiger partial charge < -0.3 is 34.5 Å². The summed E-state index contributed by atoms with van der Waals surface area (Å²) in [5, 5.41) is 20.1. The Balaban J connectivity index is 1.43. The van der Waals surface area contributed by atoms with Crippen molar-refractivity contribution >= 4 is 18.2 Å².